The summed E-state index contributed by atoms with van der Waals surface area (Å²) in [4.78, 5) is 16.8. The fraction of sp³-hybridized carbons (Fsp3) is 0.579. The molecule has 1 aliphatic rings. The standard InChI is InChI=1S/C19H28N2O4S/c1-19(2,3)25-18(23)21-11-15(10-16(21)17(26)20(4)5)24-12-13-7-6-8-14(22)9-13/h6-9,15-16,22H,10-12H2,1-5H3/t15-,16+/m1/s1. The number of phenolic OH excluding ortho intramolecular Hbond substituents is 1. The van der Waals surface area contributed by atoms with Crippen LogP contribution in [0.15, 0.2) is 24.3 Å². The van der Waals surface area contributed by atoms with Gasteiger partial charge in [-0.1, -0.05) is 24.4 Å². The van der Waals surface area contributed by atoms with Gasteiger partial charge in [-0.3, -0.25) is 4.90 Å². The van der Waals surface area contributed by atoms with E-state index in [1.165, 1.54) is 0 Å². The smallest absolute Gasteiger partial charge is 0.410 e. The lowest BCUT2D eigenvalue weighted by Gasteiger charge is -2.30. The van der Waals surface area contributed by atoms with Gasteiger partial charge in [0.25, 0.3) is 0 Å². The summed E-state index contributed by atoms with van der Waals surface area (Å²) in [5, 5.41) is 9.56. The molecule has 2 rings (SSSR count). The third-order valence-electron chi connectivity index (χ3n) is 4.01. The largest absolute Gasteiger partial charge is 0.508 e. The molecule has 0 saturated carbocycles. The lowest BCUT2D eigenvalue weighted by molar-refractivity contribution is 0.0169. The van der Waals surface area contributed by atoms with Crippen LogP contribution in [-0.2, 0) is 16.1 Å². The first kappa shape index (κ1) is 20.5. The summed E-state index contributed by atoms with van der Waals surface area (Å²) in [6.45, 7) is 6.32. The van der Waals surface area contributed by atoms with Gasteiger partial charge in [-0.05, 0) is 38.5 Å². The summed E-state index contributed by atoms with van der Waals surface area (Å²) >= 11 is 5.51. The highest BCUT2D eigenvalue weighted by Crippen LogP contribution is 2.26. The van der Waals surface area contributed by atoms with Gasteiger partial charge < -0.3 is 19.5 Å². The molecule has 1 heterocycles. The maximum atomic E-state index is 12.6. The van der Waals surface area contributed by atoms with Crippen LogP contribution in [0.5, 0.6) is 5.75 Å². The van der Waals surface area contributed by atoms with Gasteiger partial charge in [0.05, 0.1) is 25.3 Å². The Hall–Kier alpha value is -1.86. The molecule has 26 heavy (non-hydrogen) atoms. The number of amides is 1. The summed E-state index contributed by atoms with van der Waals surface area (Å²) in [6, 6.07) is 6.73. The zero-order valence-electron chi connectivity index (χ0n) is 16.1. The van der Waals surface area contributed by atoms with Crippen LogP contribution in [-0.4, -0.2) is 64.4 Å². The Morgan fingerprint density at radius 2 is 2.08 bits per heavy atom. The summed E-state index contributed by atoms with van der Waals surface area (Å²) in [5.74, 6) is 0.208. The van der Waals surface area contributed by atoms with Crippen LogP contribution in [0, 0.1) is 0 Å². The number of hydrogen-bond acceptors (Lipinski definition) is 5. The van der Waals surface area contributed by atoms with Gasteiger partial charge in [-0.2, -0.15) is 0 Å². The highest BCUT2D eigenvalue weighted by Gasteiger charge is 2.40. The van der Waals surface area contributed by atoms with E-state index >= 15 is 0 Å². The van der Waals surface area contributed by atoms with E-state index in [0.717, 1.165) is 5.56 Å². The minimum absolute atomic E-state index is 0.146. The number of phenols is 1. The van der Waals surface area contributed by atoms with Gasteiger partial charge in [0.1, 0.15) is 16.3 Å². The predicted octanol–water partition coefficient (Wildman–Crippen LogP) is 3.18. The third-order valence-corrected chi connectivity index (χ3v) is 4.65. The Kier molecular flexibility index (Phi) is 6.47. The van der Waals surface area contributed by atoms with E-state index in [4.69, 9.17) is 21.7 Å². The molecule has 0 aromatic heterocycles. The molecule has 1 aliphatic heterocycles. The molecule has 1 aromatic rings. The second-order valence-corrected chi connectivity index (χ2v) is 8.14. The van der Waals surface area contributed by atoms with Crippen LogP contribution in [0.3, 0.4) is 0 Å². The highest BCUT2D eigenvalue weighted by atomic mass is 32.1. The van der Waals surface area contributed by atoms with E-state index in [2.05, 4.69) is 0 Å². The van der Waals surface area contributed by atoms with Gasteiger partial charge in [-0.25, -0.2) is 4.79 Å². The molecule has 1 amide bonds. The van der Waals surface area contributed by atoms with Crippen molar-refractivity contribution in [3.05, 3.63) is 29.8 Å². The number of likely N-dealkylation sites (tertiary alicyclic amines) is 1. The molecule has 144 valence electrons. The van der Waals surface area contributed by atoms with Crippen molar-refractivity contribution in [1.29, 1.82) is 0 Å². The molecule has 0 spiro atoms. The molecule has 6 nitrogen and oxygen atoms in total. The van der Waals surface area contributed by atoms with Gasteiger partial charge in [-0.15, -0.1) is 0 Å². The number of thiocarbonyl (C=S) groups is 1. The van der Waals surface area contributed by atoms with Crippen molar-refractivity contribution in [3.8, 4) is 5.75 Å². The van der Waals surface area contributed by atoms with Crippen LogP contribution in [0.1, 0.15) is 32.8 Å². The number of nitrogens with zero attached hydrogens (tertiary/aromatic N) is 2. The molecule has 0 unspecified atom stereocenters. The van der Waals surface area contributed by atoms with Gasteiger partial charge >= 0.3 is 6.09 Å². The third kappa shape index (κ3) is 5.57. The SMILES string of the molecule is CN(C)C(=S)[C@@H]1C[C@@H](OCc2cccc(O)c2)CN1C(=O)OC(C)(C)C. The van der Waals surface area contributed by atoms with E-state index in [9.17, 15) is 9.90 Å². The number of carbonyl (C=O) groups excluding carboxylic acids is 1. The Balaban J connectivity index is 2.06. The normalized spacial score (nSPS) is 20.1. The molecule has 0 radical (unpaired) electrons. The van der Waals surface area contributed by atoms with Crippen molar-refractivity contribution >= 4 is 23.3 Å². The average Bonchev–Trinajstić information content (AvgIpc) is 2.95. The van der Waals surface area contributed by atoms with Gasteiger partial charge in [0.15, 0.2) is 0 Å². The van der Waals surface area contributed by atoms with E-state index < -0.39 is 5.60 Å². The van der Waals surface area contributed by atoms with Crippen molar-refractivity contribution in [2.24, 2.45) is 0 Å². The second kappa shape index (κ2) is 8.22. The maximum Gasteiger partial charge on any atom is 0.410 e. The van der Waals surface area contributed by atoms with Crippen LogP contribution < -0.4 is 0 Å². The van der Waals surface area contributed by atoms with Crippen LogP contribution in [0.2, 0.25) is 0 Å². The minimum Gasteiger partial charge on any atom is -0.508 e. The molecule has 0 bridgehead atoms. The molecule has 1 fully saturated rings. The van der Waals surface area contributed by atoms with E-state index in [1.807, 2.05) is 45.8 Å². The molecule has 1 aromatic carbocycles. The number of aromatic hydroxyl groups is 1. The number of benzene rings is 1. The zero-order chi connectivity index (χ0) is 19.5. The number of hydrogen-bond donors (Lipinski definition) is 1. The zero-order valence-corrected chi connectivity index (χ0v) is 16.9. The van der Waals surface area contributed by atoms with Gasteiger partial charge in [0.2, 0.25) is 0 Å². The maximum absolute atomic E-state index is 12.6. The van der Waals surface area contributed by atoms with Crippen LogP contribution in [0.25, 0.3) is 0 Å². The molecular formula is C19H28N2O4S. The van der Waals surface area contributed by atoms with Crippen molar-refractivity contribution in [1.82, 2.24) is 9.80 Å². The average molecular weight is 381 g/mol. The Bertz CT molecular complexity index is 657. The Labute approximate surface area is 160 Å². The first-order valence-corrected chi connectivity index (χ1v) is 9.08. The number of ether oxygens (including phenoxy) is 2. The van der Waals surface area contributed by atoms with E-state index in [1.54, 1.807) is 23.1 Å². The van der Waals surface area contributed by atoms with Crippen LogP contribution in [0.4, 0.5) is 4.79 Å². The van der Waals surface area contributed by atoms with Gasteiger partial charge in [0, 0.05) is 20.5 Å². The monoisotopic (exact) mass is 380 g/mol. The molecule has 7 heteroatoms. The lowest BCUT2D eigenvalue weighted by Crippen LogP contribution is -2.46. The molecule has 2 atom stereocenters. The Morgan fingerprint density at radius 3 is 2.65 bits per heavy atom. The summed E-state index contributed by atoms with van der Waals surface area (Å²) in [6.07, 6.45) is 0.0950. The fourth-order valence-corrected chi connectivity index (χ4v) is 3.06. The van der Waals surface area contributed by atoms with Crippen molar-refractivity contribution in [2.45, 2.75) is 51.5 Å². The fourth-order valence-electron chi connectivity index (χ4n) is 2.83. The molecule has 1 saturated heterocycles. The Morgan fingerprint density at radius 1 is 1.38 bits per heavy atom. The highest BCUT2D eigenvalue weighted by molar-refractivity contribution is 7.80. The summed E-state index contributed by atoms with van der Waals surface area (Å²) in [7, 11) is 3.74. The van der Waals surface area contributed by atoms with Crippen LogP contribution >= 0.6 is 12.2 Å². The summed E-state index contributed by atoms with van der Waals surface area (Å²) < 4.78 is 11.5. The number of rotatable bonds is 4. The molecular weight excluding hydrogens is 352 g/mol. The van der Waals surface area contributed by atoms with Crippen molar-refractivity contribution in [2.75, 3.05) is 20.6 Å². The van der Waals surface area contributed by atoms with E-state index in [0.29, 0.717) is 24.6 Å². The summed E-state index contributed by atoms with van der Waals surface area (Å²) in [5.41, 5.74) is 0.314. The number of carbonyl (C=O) groups is 1. The minimum atomic E-state index is -0.568. The lowest BCUT2D eigenvalue weighted by atomic mass is 10.2. The predicted molar refractivity (Wildman–Crippen MR) is 104 cm³/mol. The first-order valence-electron chi connectivity index (χ1n) is 8.67. The first-order chi connectivity index (χ1) is 12.1. The quantitative estimate of drug-likeness (QED) is 0.810. The number of likely N-dealkylation sites (N-methyl/N-ethyl adjacent to an activating group) is 1. The molecule has 1 N–H and O–H groups in total. The second-order valence-electron chi connectivity index (χ2n) is 7.72. The van der Waals surface area contributed by atoms with E-state index in [-0.39, 0.29) is 24.0 Å². The topological polar surface area (TPSA) is 62.2 Å². The van der Waals surface area contributed by atoms with Crippen molar-refractivity contribution < 1.29 is 19.4 Å². The van der Waals surface area contributed by atoms with Crippen molar-refractivity contribution in [3.63, 3.8) is 0 Å². The molecule has 0 aliphatic carbocycles.